The van der Waals surface area contributed by atoms with Crippen molar-refractivity contribution in [1.29, 1.82) is 0 Å². The minimum Gasteiger partial charge on any atom is -0.386 e. The number of hydrogen-bond acceptors (Lipinski definition) is 3. The number of rotatable bonds is 8. The van der Waals surface area contributed by atoms with Crippen LogP contribution < -0.4 is 10.6 Å². The third kappa shape index (κ3) is 6.00. The highest BCUT2D eigenvalue weighted by molar-refractivity contribution is 5.94. The fraction of sp³-hybridized carbons (Fsp3) is 0.263. The standard InChI is InChI=1S/C19H21FN2O3/c20-16-10-5-4-9-15(16)17(23)13-22-18(24)11-6-12-21-19(25)14-7-2-1-3-8-14/h1-5,7-10,17,23H,6,11-13H2,(H,21,25)(H,22,24). The van der Waals surface area contributed by atoms with Crippen LogP contribution in [0.2, 0.25) is 0 Å². The van der Waals surface area contributed by atoms with Crippen LogP contribution in [-0.2, 0) is 4.79 Å². The van der Waals surface area contributed by atoms with E-state index < -0.39 is 11.9 Å². The number of amides is 2. The van der Waals surface area contributed by atoms with Crippen molar-refractivity contribution in [1.82, 2.24) is 10.6 Å². The van der Waals surface area contributed by atoms with Crippen LogP contribution in [-0.4, -0.2) is 30.0 Å². The molecule has 2 aromatic carbocycles. The van der Waals surface area contributed by atoms with Gasteiger partial charge in [0.05, 0.1) is 6.10 Å². The second-order valence-electron chi connectivity index (χ2n) is 5.57. The van der Waals surface area contributed by atoms with Gasteiger partial charge in [-0.15, -0.1) is 0 Å². The molecule has 0 aromatic heterocycles. The van der Waals surface area contributed by atoms with Crippen molar-refractivity contribution in [2.24, 2.45) is 0 Å². The summed E-state index contributed by atoms with van der Waals surface area (Å²) < 4.78 is 13.5. The van der Waals surface area contributed by atoms with Gasteiger partial charge in [-0.1, -0.05) is 36.4 Å². The van der Waals surface area contributed by atoms with Crippen LogP contribution in [0.5, 0.6) is 0 Å². The molecular formula is C19H21FN2O3. The number of nitrogens with one attached hydrogen (secondary N) is 2. The molecule has 0 aliphatic rings. The fourth-order valence-corrected chi connectivity index (χ4v) is 2.30. The van der Waals surface area contributed by atoms with Gasteiger partial charge in [0.1, 0.15) is 5.82 Å². The monoisotopic (exact) mass is 344 g/mol. The summed E-state index contributed by atoms with van der Waals surface area (Å²) in [5.41, 5.74) is 0.720. The first-order valence-electron chi connectivity index (χ1n) is 8.10. The lowest BCUT2D eigenvalue weighted by atomic mass is 10.1. The molecule has 0 bridgehead atoms. The van der Waals surface area contributed by atoms with Gasteiger partial charge in [0.25, 0.3) is 5.91 Å². The number of halogens is 1. The highest BCUT2D eigenvalue weighted by Gasteiger charge is 2.13. The zero-order chi connectivity index (χ0) is 18.1. The van der Waals surface area contributed by atoms with E-state index in [1.807, 2.05) is 6.07 Å². The number of hydrogen-bond donors (Lipinski definition) is 3. The minimum atomic E-state index is -1.09. The zero-order valence-corrected chi connectivity index (χ0v) is 13.7. The van der Waals surface area contributed by atoms with Gasteiger partial charge in [0.15, 0.2) is 0 Å². The number of aliphatic hydroxyl groups is 1. The lowest BCUT2D eigenvalue weighted by Crippen LogP contribution is -2.30. The maximum absolute atomic E-state index is 13.5. The molecule has 0 saturated carbocycles. The normalized spacial score (nSPS) is 11.6. The zero-order valence-electron chi connectivity index (χ0n) is 13.7. The maximum Gasteiger partial charge on any atom is 0.251 e. The minimum absolute atomic E-state index is 0.0594. The molecule has 2 aromatic rings. The summed E-state index contributed by atoms with van der Waals surface area (Å²) in [6, 6.07) is 14.7. The van der Waals surface area contributed by atoms with Crippen molar-refractivity contribution in [2.75, 3.05) is 13.1 Å². The molecule has 5 nitrogen and oxygen atoms in total. The Bertz CT molecular complexity index is 707. The molecule has 0 fully saturated rings. The van der Waals surface area contributed by atoms with Crippen molar-refractivity contribution in [3.63, 3.8) is 0 Å². The second-order valence-corrected chi connectivity index (χ2v) is 5.57. The van der Waals surface area contributed by atoms with Crippen molar-refractivity contribution in [3.05, 3.63) is 71.5 Å². The Hall–Kier alpha value is -2.73. The van der Waals surface area contributed by atoms with E-state index in [9.17, 15) is 19.1 Å². The first-order chi connectivity index (χ1) is 12.1. The first-order valence-corrected chi connectivity index (χ1v) is 8.10. The van der Waals surface area contributed by atoms with E-state index in [0.29, 0.717) is 18.5 Å². The van der Waals surface area contributed by atoms with Crippen LogP contribution >= 0.6 is 0 Å². The largest absolute Gasteiger partial charge is 0.386 e. The topological polar surface area (TPSA) is 78.4 Å². The fourth-order valence-electron chi connectivity index (χ4n) is 2.30. The van der Waals surface area contributed by atoms with E-state index in [1.54, 1.807) is 30.3 Å². The Balaban J connectivity index is 1.64. The van der Waals surface area contributed by atoms with Gasteiger partial charge in [0, 0.05) is 30.6 Å². The van der Waals surface area contributed by atoms with E-state index in [4.69, 9.17) is 0 Å². The Kier molecular flexibility index (Phi) is 7.10. The smallest absolute Gasteiger partial charge is 0.251 e. The molecular weight excluding hydrogens is 323 g/mol. The Labute approximate surface area is 145 Å². The molecule has 0 saturated heterocycles. The van der Waals surface area contributed by atoms with Crippen LogP contribution in [0.1, 0.15) is 34.9 Å². The van der Waals surface area contributed by atoms with E-state index in [2.05, 4.69) is 10.6 Å². The summed E-state index contributed by atoms with van der Waals surface area (Å²) in [5.74, 6) is -0.951. The Morgan fingerprint density at radius 1 is 1.00 bits per heavy atom. The Morgan fingerprint density at radius 3 is 2.40 bits per heavy atom. The van der Waals surface area contributed by atoms with Crippen molar-refractivity contribution in [3.8, 4) is 0 Å². The molecule has 132 valence electrons. The van der Waals surface area contributed by atoms with Gasteiger partial charge >= 0.3 is 0 Å². The predicted molar refractivity (Wildman–Crippen MR) is 92.4 cm³/mol. The van der Waals surface area contributed by atoms with Gasteiger partial charge in [-0.3, -0.25) is 9.59 Å². The summed E-state index contributed by atoms with van der Waals surface area (Å²) in [6.45, 7) is 0.313. The van der Waals surface area contributed by atoms with E-state index in [1.165, 1.54) is 18.2 Å². The SMILES string of the molecule is O=C(CCCNC(=O)c1ccccc1)NCC(O)c1ccccc1F. The highest BCUT2D eigenvalue weighted by atomic mass is 19.1. The lowest BCUT2D eigenvalue weighted by molar-refractivity contribution is -0.121. The molecule has 1 unspecified atom stereocenters. The second kappa shape index (κ2) is 9.54. The Morgan fingerprint density at radius 2 is 1.68 bits per heavy atom. The van der Waals surface area contributed by atoms with Crippen LogP contribution in [0.15, 0.2) is 54.6 Å². The maximum atomic E-state index is 13.5. The van der Waals surface area contributed by atoms with Crippen molar-refractivity contribution in [2.45, 2.75) is 18.9 Å². The average Bonchev–Trinajstić information content (AvgIpc) is 2.64. The van der Waals surface area contributed by atoms with E-state index >= 15 is 0 Å². The lowest BCUT2D eigenvalue weighted by Gasteiger charge is -2.13. The van der Waals surface area contributed by atoms with Crippen molar-refractivity contribution >= 4 is 11.8 Å². The molecule has 0 spiro atoms. The van der Waals surface area contributed by atoms with Gasteiger partial charge in [-0.2, -0.15) is 0 Å². The quantitative estimate of drug-likeness (QED) is 0.642. The van der Waals surface area contributed by atoms with E-state index in [-0.39, 0.29) is 30.3 Å². The summed E-state index contributed by atoms with van der Waals surface area (Å²) in [4.78, 5) is 23.6. The van der Waals surface area contributed by atoms with Gasteiger partial charge in [-0.05, 0) is 24.6 Å². The van der Waals surface area contributed by atoms with Gasteiger partial charge in [-0.25, -0.2) is 4.39 Å². The van der Waals surface area contributed by atoms with Crippen LogP contribution in [0, 0.1) is 5.82 Å². The van der Waals surface area contributed by atoms with Crippen LogP contribution in [0.4, 0.5) is 4.39 Å². The predicted octanol–water partition coefficient (Wildman–Crippen LogP) is 2.19. The number of carbonyl (C=O) groups is 2. The average molecular weight is 344 g/mol. The molecule has 3 N–H and O–H groups in total. The molecule has 25 heavy (non-hydrogen) atoms. The number of aliphatic hydroxyl groups excluding tert-OH is 1. The van der Waals surface area contributed by atoms with Crippen molar-refractivity contribution < 1.29 is 19.1 Å². The number of benzene rings is 2. The van der Waals surface area contributed by atoms with Crippen LogP contribution in [0.3, 0.4) is 0 Å². The van der Waals surface area contributed by atoms with E-state index in [0.717, 1.165) is 0 Å². The molecule has 6 heteroatoms. The molecule has 0 heterocycles. The first kappa shape index (κ1) is 18.6. The molecule has 2 rings (SSSR count). The molecule has 0 radical (unpaired) electrons. The third-order valence-electron chi connectivity index (χ3n) is 3.66. The summed E-state index contributed by atoms with van der Waals surface area (Å²) in [6.07, 6.45) is -0.415. The summed E-state index contributed by atoms with van der Waals surface area (Å²) in [5, 5.41) is 15.2. The van der Waals surface area contributed by atoms with Crippen LogP contribution in [0.25, 0.3) is 0 Å². The summed E-state index contributed by atoms with van der Waals surface area (Å²) >= 11 is 0. The molecule has 2 amide bonds. The molecule has 1 atom stereocenters. The third-order valence-corrected chi connectivity index (χ3v) is 3.66. The molecule has 0 aliphatic heterocycles. The molecule has 0 aliphatic carbocycles. The van der Waals surface area contributed by atoms with Gasteiger partial charge < -0.3 is 15.7 Å². The summed E-state index contributed by atoms with van der Waals surface area (Å²) in [7, 11) is 0. The number of carbonyl (C=O) groups excluding carboxylic acids is 2. The highest BCUT2D eigenvalue weighted by Crippen LogP contribution is 2.15. The van der Waals surface area contributed by atoms with Gasteiger partial charge in [0.2, 0.25) is 5.91 Å².